The molecule has 0 aromatic carbocycles. The van der Waals surface area contributed by atoms with Crippen molar-refractivity contribution >= 4 is 13.5 Å². The standard InChI is InChI=1S/C8H19N2O4P/c1-3-13-15(12,14-4-2)6-5-10-8(11)7-9/h3-7,9H2,1-2H3,(H,10,11). The van der Waals surface area contributed by atoms with Crippen molar-refractivity contribution in [1.29, 1.82) is 0 Å². The van der Waals surface area contributed by atoms with Crippen LogP contribution in [0, 0.1) is 0 Å². The lowest BCUT2D eigenvalue weighted by atomic mass is 10.6. The van der Waals surface area contributed by atoms with Crippen LogP contribution in [-0.2, 0) is 18.4 Å². The molecule has 0 saturated carbocycles. The summed E-state index contributed by atoms with van der Waals surface area (Å²) in [6.07, 6.45) is 0.167. The quantitative estimate of drug-likeness (QED) is 0.594. The highest BCUT2D eigenvalue weighted by atomic mass is 31.2. The number of amides is 1. The van der Waals surface area contributed by atoms with Crippen molar-refractivity contribution in [3.05, 3.63) is 0 Å². The molecule has 0 heterocycles. The van der Waals surface area contributed by atoms with E-state index in [1.165, 1.54) is 0 Å². The first kappa shape index (κ1) is 14.6. The molecule has 0 saturated heterocycles. The van der Waals surface area contributed by atoms with E-state index < -0.39 is 7.60 Å². The summed E-state index contributed by atoms with van der Waals surface area (Å²) in [6, 6.07) is 0. The molecular weight excluding hydrogens is 219 g/mol. The fraction of sp³-hybridized carbons (Fsp3) is 0.875. The highest BCUT2D eigenvalue weighted by molar-refractivity contribution is 7.53. The fourth-order valence-electron chi connectivity index (χ4n) is 0.964. The van der Waals surface area contributed by atoms with Crippen LogP contribution in [0.2, 0.25) is 0 Å². The molecule has 6 nitrogen and oxygen atoms in total. The minimum absolute atomic E-state index is 0.0758. The molecule has 90 valence electrons. The number of carbonyl (C=O) groups is 1. The van der Waals surface area contributed by atoms with Crippen LogP contribution in [0.25, 0.3) is 0 Å². The van der Waals surface area contributed by atoms with E-state index in [9.17, 15) is 9.36 Å². The highest BCUT2D eigenvalue weighted by Gasteiger charge is 2.22. The van der Waals surface area contributed by atoms with Crippen molar-refractivity contribution < 1.29 is 18.4 Å². The zero-order chi connectivity index (χ0) is 11.7. The summed E-state index contributed by atoms with van der Waals surface area (Å²) in [7, 11) is -3.04. The summed E-state index contributed by atoms with van der Waals surface area (Å²) in [5.74, 6) is -0.283. The second-order valence-corrected chi connectivity index (χ2v) is 4.91. The van der Waals surface area contributed by atoms with E-state index in [2.05, 4.69) is 5.32 Å². The third-order valence-electron chi connectivity index (χ3n) is 1.54. The van der Waals surface area contributed by atoms with Gasteiger partial charge in [-0.15, -0.1) is 0 Å². The van der Waals surface area contributed by atoms with Gasteiger partial charge in [0.2, 0.25) is 5.91 Å². The van der Waals surface area contributed by atoms with Crippen LogP contribution in [-0.4, -0.2) is 38.4 Å². The summed E-state index contributed by atoms with van der Waals surface area (Å²) in [5.41, 5.74) is 5.10. The van der Waals surface area contributed by atoms with Gasteiger partial charge >= 0.3 is 7.60 Å². The van der Waals surface area contributed by atoms with Gasteiger partial charge in [0.15, 0.2) is 0 Å². The van der Waals surface area contributed by atoms with Gasteiger partial charge in [0.25, 0.3) is 0 Å². The van der Waals surface area contributed by atoms with E-state index >= 15 is 0 Å². The predicted molar refractivity (Wildman–Crippen MR) is 57.8 cm³/mol. The van der Waals surface area contributed by atoms with Crippen molar-refractivity contribution in [2.24, 2.45) is 5.73 Å². The van der Waals surface area contributed by atoms with Crippen LogP contribution < -0.4 is 11.1 Å². The number of hydrogen-bond donors (Lipinski definition) is 2. The Morgan fingerprint density at radius 3 is 2.27 bits per heavy atom. The summed E-state index contributed by atoms with van der Waals surface area (Å²) < 4.78 is 21.9. The first-order chi connectivity index (χ1) is 7.08. The van der Waals surface area contributed by atoms with E-state index in [1.807, 2.05) is 0 Å². The maximum absolute atomic E-state index is 11.9. The number of rotatable bonds is 8. The average molecular weight is 238 g/mol. The predicted octanol–water partition coefficient (Wildman–Crippen LogP) is 0.327. The maximum atomic E-state index is 11.9. The SMILES string of the molecule is CCOP(=O)(CCNC(=O)CN)OCC. The van der Waals surface area contributed by atoms with Crippen molar-refractivity contribution in [3.8, 4) is 0 Å². The Bertz CT molecular complexity index is 225. The van der Waals surface area contributed by atoms with E-state index in [0.29, 0.717) is 13.2 Å². The van der Waals surface area contributed by atoms with Crippen molar-refractivity contribution in [3.63, 3.8) is 0 Å². The van der Waals surface area contributed by atoms with Crippen molar-refractivity contribution in [2.45, 2.75) is 13.8 Å². The van der Waals surface area contributed by atoms with Gasteiger partial charge in [-0.3, -0.25) is 9.36 Å². The minimum Gasteiger partial charge on any atom is -0.354 e. The molecule has 7 heteroatoms. The van der Waals surface area contributed by atoms with E-state index in [0.717, 1.165) is 0 Å². The summed E-state index contributed by atoms with van der Waals surface area (Å²) >= 11 is 0. The summed E-state index contributed by atoms with van der Waals surface area (Å²) in [6.45, 7) is 4.29. The zero-order valence-electron chi connectivity index (χ0n) is 9.19. The van der Waals surface area contributed by atoms with Crippen LogP contribution in [0.15, 0.2) is 0 Å². The Morgan fingerprint density at radius 1 is 1.33 bits per heavy atom. The number of carbonyl (C=O) groups excluding carboxylic acids is 1. The van der Waals surface area contributed by atoms with Crippen LogP contribution in [0.5, 0.6) is 0 Å². The molecule has 1 amide bonds. The second-order valence-electron chi connectivity index (χ2n) is 2.72. The summed E-state index contributed by atoms with van der Waals surface area (Å²) in [5, 5.41) is 2.51. The molecule has 0 fully saturated rings. The summed E-state index contributed by atoms with van der Waals surface area (Å²) in [4.78, 5) is 10.8. The van der Waals surface area contributed by atoms with Gasteiger partial charge in [0.1, 0.15) is 0 Å². The topological polar surface area (TPSA) is 90.7 Å². The molecule has 0 spiro atoms. The molecule has 0 bridgehead atoms. The first-order valence-corrected chi connectivity index (χ1v) is 6.65. The van der Waals surface area contributed by atoms with Gasteiger partial charge in [0, 0.05) is 6.54 Å². The Morgan fingerprint density at radius 2 is 1.87 bits per heavy atom. The fourth-order valence-corrected chi connectivity index (χ4v) is 2.47. The van der Waals surface area contributed by atoms with Gasteiger partial charge in [0.05, 0.1) is 25.9 Å². The Labute approximate surface area is 90.0 Å². The third-order valence-corrected chi connectivity index (χ3v) is 3.62. The molecule has 0 aromatic rings. The van der Waals surface area contributed by atoms with E-state index in [-0.39, 0.29) is 25.2 Å². The van der Waals surface area contributed by atoms with Gasteiger partial charge < -0.3 is 20.1 Å². The van der Waals surface area contributed by atoms with Crippen LogP contribution in [0.3, 0.4) is 0 Å². The molecule has 0 unspecified atom stereocenters. The average Bonchev–Trinajstić information content (AvgIpc) is 2.18. The monoisotopic (exact) mass is 238 g/mol. The Kier molecular flexibility index (Phi) is 7.60. The molecule has 0 aliphatic rings. The molecule has 15 heavy (non-hydrogen) atoms. The molecule has 0 aliphatic carbocycles. The second kappa shape index (κ2) is 7.82. The maximum Gasteiger partial charge on any atom is 0.332 e. The van der Waals surface area contributed by atoms with Crippen LogP contribution >= 0.6 is 7.60 Å². The van der Waals surface area contributed by atoms with Crippen molar-refractivity contribution in [2.75, 3.05) is 32.5 Å². The van der Waals surface area contributed by atoms with Gasteiger partial charge in [-0.05, 0) is 13.8 Å². The molecule has 0 rings (SSSR count). The van der Waals surface area contributed by atoms with Gasteiger partial charge in [-0.1, -0.05) is 0 Å². The molecule has 3 N–H and O–H groups in total. The zero-order valence-corrected chi connectivity index (χ0v) is 10.1. The van der Waals surface area contributed by atoms with Gasteiger partial charge in [-0.25, -0.2) is 0 Å². The molecule has 0 aliphatic heterocycles. The Hall–Kier alpha value is -0.420. The third kappa shape index (κ3) is 6.62. The number of nitrogens with one attached hydrogen (secondary N) is 1. The normalized spacial score (nSPS) is 11.4. The van der Waals surface area contributed by atoms with E-state index in [1.54, 1.807) is 13.8 Å². The minimum atomic E-state index is -3.04. The number of hydrogen-bond acceptors (Lipinski definition) is 5. The lowest BCUT2D eigenvalue weighted by Crippen LogP contribution is -2.32. The molecular formula is C8H19N2O4P. The largest absolute Gasteiger partial charge is 0.354 e. The van der Waals surface area contributed by atoms with Crippen LogP contribution in [0.1, 0.15) is 13.8 Å². The Balaban J connectivity index is 3.96. The van der Waals surface area contributed by atoms with Crippen LogP contribution in [0.4, 0.5) is 0 Å². The highest BCUT2D eigenvalue weighted by Crippen LogP contribution is 2.47. The molecule has 0 atom stereocenters. The van der Waals surface area contributed by atoms with Crippen molar-refractivity contribution in [1.82, 2.24) is 5.32 Å². The van der Waals surface area contributed by atoms with Gasteiger partial charge in [-0.2, -0.15) is 0 Å². The lowest BCUT2D eigenvalue weighted by molar-refractivity contribution is -0.119. The number of nitrogens with two attached hydrogens (primary N) is 1. The van der Waals surface area contributed by atoms with E-state index in [4.69, 9.17) is 14.8 Å². The molecule has 0 radical (unpaired) electrons. The lowest BCUT2D eigenvalue weighted by Gasteiger charge is -2.16. The first-order valence-electron chi connectivity index (χ1n) is 4.92. The molecule has 0 aromatic heterocycles. The smallest absolute Gasteiger partial charge is 0.332 e.